The highest BCUT2D eigenvalue weighted by atomic mass is 35.5. The summed E-state index contributed by atoms with van der Waals surface area (Å²) >= 11 is 6.14. The Morgan fingerprint density at radius 2 is 2.29 bits per heavy atom. The van der Waals surface area contributed by atoms with Crippen LogP contribution in [0.1, 0.15) is 11.6 Å². The van der Waals surface area contributed by atoms with E-state index < -0.39 is 11.5 Å². The fraction of sp³-hybridized carbons (Fsp3) is 0.417. The Bertz CT molecular complexity index is 466. The summed E-state index contributed by atoms with van der Waals surface area (Å²) in [6.45, 7) is 0.708. The van der Waals surface area contributed by atoms with Crippen molar-refractivity contribution in [2.24, 2.45) is 11.1 Å². The number of nitriles is 1. The zero-order valence-electron chi connectivity index (χ0n) is 9.44. The molecule has 17 heavy (non-hydrogen) atoms. The molecule has 1 unspecified atom stereocenters. The molecule has 1 atom stereocenters. The summed E-state index contributed by atoms with van der Waals surface area (Å²) in [6, 6.07) is 7.06. The summed E-state index contributed by atoms with van der Waals surface area (Å²) in [5.74, 6) is 0.668. The Morgan fingerprint density at radius 3 is 2.71 bits per heavy atom. The lowest BCUT2D eigenvalue weighted by atomic mass is 9.77. The third-order valence-corrected chi connectivity index (χ3v) is 3.41. The highest BCUT2D eigenvalue weighted by molar-refractivity contribution is 6.31. The number of hydrogen-bond donors (Lipinski definition) is 1. The van der Waals surface area contributed by atoms with E-state index in [1.807, 2.05) is 0 Å². The number of rotatable bonds is 3. The van der Waals surface area contributed by atoms with E-state index in [1.165, 1.54) is 0 Å². The number of nitrogens with two attached hydrogens (primary N) is 1. The van der Waals surface area contributed by atoms with E-state index in [1.54, 1.807) is 25.3 Å². The van der Waals surface area contributed by atoms with Gasteiger partial charge < -0.3 is 15.2 Å². The molecule has 4 nitrogen and oxygen atoms in total. The largest absolute Gasteiger partial charge is 0.497 e. The lowest BCUT2D eigenvalue weighted by molar-refractivity contribution is -0.0910. The molecule has 1 aromatic rings. The van der Waals surface area contributed by atoms with Crippen LogP contribution in [0.25, 0.3) is 0 Å². The van der Waals surface area contributed by atoms with Gasteiger partial charge in [0.2, 0.25) is 0 Å². The van der Waals surface area contributed by atoms with Gasteiger partial charge in [-0.2, -0.15) is 5.26 Å². The molecule has 0 aromatic heterocycles. The SMILES string of the molecule is COc1ccc(C(N)C2(C#N)COC2)c(Cl)c1. The molecule has 1 heterocycles. The van der Waals surface area contributed by atoms with Crippen molar-refractivity contribution in [3.05, 3.63) is 28.8 Å². The van der Waals surface area contributed by atoms with Crippen LogP contribution < -0.4 is 10.5 Å². The minimum Gasteiger partial charge on any atom is -0.497 e. The fourth-order valence-corrected chi connectivity index (χ4v) is 2.11. The monoisotopic (exact) mass is 252 g/mol. The summed E-state index contributed by atoms with van der Waals surface area (Å²) in [5.41, 5.74) is 6.20. The highest BCUT2D eigenvalue weighted by Gasteiger charge is 2.46. The first-order valence-electron chi connectivity index (χ1n) is 5.21. The third kappa shape index (κ3) is 1.98. The van der Waals surface area contributed by atoms with Crippen molar-refractivity contribution in [3.8, 4) is 11.8 Å². The number of nitrogens with zero attached hydrogens (tertiary/aromatic N) is 1. The van der Waals surface area contributed by atoms with Crippen molar-refractivity contribution in [1.29, 1.82) is 5.26 Å². The van der Waals surface area contributed by atoms with Crippen molar-refractivity contribution in [2.75, 3.05) is 20.3 Å². The third-order valence-electron chi connectivity index (χ3n) is 3.08. The minimum atomic E-state index is -0.655. The summed E-state index contributed by atoms with van der Waals surface area (Å²) < 4.78 is 10.2. The molecular formula is C12H13ClN2O2. The minimum absolute atomic E-state index is 0.354. The Morgan fingerprint density at radius 1 is 1.59 bits per heavy atom. The van der Waals surface area contributed by atoms with Gasteiger partial charge in [-0.1, -0.05) is 17.7 Å². The topological polar surface area (TPSA) is 68.3 Å². The molecule has 0 spiro atoms. The highest BCUT2D eigenvalue weighted by Crippen LogP contribution is 2.41. The van der Waals surface area contributed by atoms with Crippen LogP contribution in [0.2, 0.25) is 5.02 Å². The molecule has 0 amide bonds. The van der Waals surface area contributed by atoms with Gasteiger partial charge in [-0.25, -0.2) is 0 Å². The molecule has 0 bridgehead atoms. The van der Waals surface area contributed by atoms with E-state index in [-0.39, 0.29) is 0 Å². The van der Waals surface area contributed by atoms with Gasteiger partial charge in [0.05, 0.1) is 32.4 Å². The lowest BCUT2D eigenvalue weighted by Gasteiger charge is -2.40. The van der Waals surface area contributed by atoms with Crippen LogP contribution in [0.15, 0.2) is 18.2 Å². The maximum atomic E-state index is 9.18. The molecule has 2 rings (SSSR count). The molecular weight excluding hydrogens is 240 g/mol. The number of halogens is 1. The molecule has 1 fully saturated rings. The molecule has 1 aliphatic rings. The second-order valence-electron chi connectivity index (χ2n) is 4.13. The van der Waals surface area contributed by atoms with Crippen LogP contribution in [-0.2, 0) is 4.74 Å². The number of ether oxygens (including phenoxy) is 2. The van der Waals surface area contributed by atoms with Crippen molar-refractivity contribution < 1.29 is 9.47 Å². The zero-order valence-corrected chi connectivity index (χ0v) is 10.2. The molecule has 1 aromatic carbocycles. The molecule has 1 saturated heterocycles. The first-order chi connectivity index (χ1) is 8.13. The van der Waals surface area contributed by atoms with Crippen molar-refractivity contribution in [2.45, 2.75) is 6.04 Å². The van der Waals surface area contributed by atoms with Gasteiger partial charge in [0.1, 0.15) is 11.2 Å². The zero-order chi connectivity index (χ0) is 12.5. The lowest BCUT2D eigenvalue weighted by Crippen LogP contribution is -2.49. The summed E-state index contributed by atoms with van der Waals surface area (Å²) in [6.07, 6.45) is 0. The average Bonchev–Trinajstić information content (AvgIpc) is 2.28. The van der Waals surface area contributed by atoms with Crippen molar-refractivity contribution >= 4 is 11.6 Å². The smallest absolute Gasteiger partial charge is 0.123 e. The Kier molecular flexibility index (Phi) is 3.25. The fourth-order valence-electron chi connectivity index (χ4n) is 1.82. The normalized spacial score (nSPS) is 18.9. The van der Waals surface area contributed by atoms with Crippen LogP contribution >= 0.6 is 11.6 Å². The second kappa shape index (κ2) is 4.53. The predicted octanol–water partition coefficient (Wildman–Crippen LogP) is 1.89. The van der Waals surface area contributed by atoms with Gasteiger partial charge >= 0.3 is 0 Å². The summed E-state index contributed by atoms with van der Waals surface area (Å²) in [7, 11) is 1.57. The average molecular weight is 253 g/mol. The van der Waals surface area contributed by atoms with Gasteiger partial charge in [-0.3, -0.25) is 0 Å². The van der Waals surface area contributed by atoms with Crippen LogP contribution in [-0.4, -0.2) is 20.3 Å². The van der Waals surface area contributed by atoms with Crippen LogP contribution in [0.3, 0.4) is 0 Å². The van der Waals surface area contributed by atoms with Gasteiger partial charge in [0.15, 0.2) is 0 Å². The molecule has 90 valence electrons. The number of benzene rings is 1. The van der Waals surface area contributed by atoms with Crippen molar-refractivity contribution in [3.63, 3.8) is 0 Å². The Labute approximate surface area is 105 Å². The Hall–Kier alpha value is -1.28. The maximum Gasteiger partial charge on any atom is 0.123 e. The van der Waals surface area contributed by atoms with E-state index in [4.69, 9.17) is 26.8 Å². The van der Waals surface area contributed by atoms with Gasteiger partial charge in [0, 0.05) is 5.02 Å². The molecule has 0 saturated carbocycles. The van der Waals surface area contributed by atoms with E-state index in [0.29, 0.717) is 24.0 Å². The van der Waals surface area contributed by atoms with E-state index >= 15 is 0 Å². The standard InChI is InChI=1S/C12H13ClN2O2/c1-16-8-2-3-9(10(13)4-8)11(15)12(5-14)6-17-7-12/h2-4,11H,6-7,15H2,1H3. The van der Waals surface area contributed by atoms with E-state index in [0.717, 1.165) is 5.56 Å². The Balaban J connectivity index is 2.31. The molecule has 0 radical (unpaired) electrons. The second-order valence-corrected chi connectivity index (χ2v) is 4.53. The predicted molar refractivity (Wildman–Crippen MR) is 63.8 cm³/mol. The van der Waals surface area contributed by atoms with Crippen LogP contribution in [0, 0.1) is 16.7 Å². The quantitative estimate of drug-likeness (QED) is 0.892. The van der Waals surface area contributed by atoms with Gasteiger partial charge in [-0.15, -0.1) is 0 Å². The number of hydrogen-bond acceptors (Lipinski definition) is 4. The van der Waals surface area contributed by atoms with Crippen LogP contribution in [0.4, 0.5) is 0 Å². The van der Waals surface area contributed by atoms with E-state index in [2.05, 4.69) is 6.07 Å². The van der Waals surface area contributed by atoms with Gasteiger partial charge in [0.25, 0.3) is 0 Å². The summed E-state index contributed by atoms with van der Waals surface area (Å²) in [5, 5.41) is 9.69. The van der Waals surface area contributed by atoms with E-state index in [9.17, 15) is 5.26 Å². The maximum absolute atomic E-state index is 9.18. The number of methoxy groups -OCH3 is 1. The molecule has 5 heteroatoms. The van der Waals surface area contributed by atoms with Gasteiger partial charge in [-0.05, 0) is 17.7 Å². The molecule has 1 aliphatic heterocycles. The first kappa shape index (κ1) is 12.2. The molecule has 2 N–H and O–H groups in total. The van der Waals surface area contributed by atoms with Crippen molar-refractivity contribution in [1.82, 2.24) is 0 Å². The molecule has 0 aliphatic carbocycles. The van der Waals surface area contributed by atoms with Crippen LogP contribution in [0.5, 0.6) is 5.75 Å². The summed E-state index contributed by atoms with van der Waals surface area (Å²) in [4.78, 5) is 0. The first-order valence-corrected chi connectivity index (χ1v) is 5.59.